The number of amidine groups is 2. The second kappa shape index (κ2) is 9.23. The first-order valence-electron chi connectivity index (χ1n) is 10.8. The van der Waals surface area contributed by atoms with E-state index < -0.39 is 11.3 Å². The van der Waals surface area contributed by atoms with E-state index >= 15 is 0 Å². The van der Waals surface area contributed by atoms with Crippen molar-refractivity contribution < 1.29 is 14.0 Å². The van der Waals surface area contributed by atoms with Gasteiger partial charge in [0, 0.05) is 12.1 Å². The van der Waals surface area contributed by atoms with Crippen molar-refractivity contribution in [3.8, 4) is 0 Å². The Morgan fingerprint density at radius 1 is 1.06 bits per heavy atom. The van der Waals surface area contributed by atoms with E-state index in [1.807, 2.05) is 54.6 Å². The number of thioether (sulfide) groups is 1. The smallest absolute Gasteiger partial charge is 0.263 e. The first-order valence-corrected chi connectivity index (χ1v) is 11.7. The zero-order valence-electron chi connectivity index (χ0n) is 18.3. The van der Waals surface area contributed by atoms with Crippen molar-refractivity contribution >= 4 is 40.3 Å². The normalized spacial score (nSPS) is 17.4. The Kier molecular flexibility index (Phi) is 5.98. The number of fused-ring (bicyclic) bond motifs is 3. The van der Waals surface area contributed by atoms with Crippen LogP contribution in [0.25, 0.3) is 0 Å². The minimum Gasteiger partial charge on any atom is -0.351 e. The van der Waals surface area contributed by atoms with Crippen molar-refractivity contribution in [2.45, 2.75) is 24.8 Å². The van der Waals surface area contributed by atoms with E-state index in [1.54, 1.807) is 19.1 Å². The number of nitrogens with zero attached hydrogens (tertiary/aromatic N) is 3. The lowest BCUT2D eigenvalue weighted by molar-refractivity contribution is -0.124. The summed E-state index contributed by atoms with van der Waals surface area (Å²) in [6.45, 7) is 2.05. The number of halogens is 1. The van der Waals surface area contributed by atoms with Gasteiger partial charge in [0.2, 0.25) is 5.91 Å². The Bertz CT molecular complexity index is 1310. The summed E-state index contributed by atoms with van der Waals surface area (Å²) in [7, 11) is 0. The molecular formula is C26H21FN4O2S. The molecule has 1 N–H and O–H groups in total. The largest absolute Gasteiger partial charge is 0.351 e. The van der Waals surface area contributed by atoms with Gasteiger partial charge in [0.1, 0.15) is 11.7 Å². The van der Waals surface area contributed by atoms with Gasteiger partial charge in [-0.3, -0.25) is 9.59 Å². The van der Waals surface area contributed by atoms with Gasteiger partial charge in [0.25, 0.3) is 5.91 Å². The molecule has 2 aliphatic heterocycles. The second-order valence-electron chi connectivity index (χ2n) is 7.96. The molecule has 0 aliphatic carbocycles. The van der Waals surface area contributed by atoms with Crippen LogP contribution < -0.4 is 5.32 Å². The molecule has 2 amide bonds. The molecule has 2 aliphatic rings. The van der Waals surface area contributed by atoms with E-state index in [-0.39, 0.29) is 24.2 Å². The Morgan fingerprint density at radius 2 is 1.76 bits per heavy atom. The zero-order valence-corrected chi connectivity index (χ0v) is 19.1. The average Bonchev–Trinajstić information content (AvgIpc) is 3.22. The molecule has 0 fully saturated rings. The maximum atomic E-state index is 13.4. The van der Waals surface area contributed by atoms with Gasteiger partial charge in [0.05, 0.1) is 10.9 Å². The van der Waals surface area contributed by atoms with Crippen molar-refractivity contribution in [3.05, 3.63) is 101 Å². The molecule has 0 unspecified atom stereocenters. The van der Waals surface area contributed by atoms with Crippen molar-refractivity contribution in [1.82, 2.24) is 10.2 Å². The third-order valence-corrected chi connectivity index (χ3v) is 6.67. The lowest BCUT2D eigenvalue weighted by Gasteiger charge is -2.26. The number of hydrogen-bond donors (Lipinski definition) is 1. The molecule has 8 heteroatoms. The van der Waals surface area contributed by atoms with E-state index in [1.165, 1.54) is 28.8 Å². The van der Waals surface area contributed by atoms with E-state index in [4.69, 9.17) is 9.98 Å². The minimum atomic E-state index is -0.657. The Hall–Kier alpha value is -3.78. The van der Waals surface area contributed by atoms with Crippen LogP contribution in [0.4, 0.5) is 10.1 Å². The third kappa shape index (κ3) is 4.24. The summed E-state index contributed by atoms with van der Waals surface area (Å²) in [6, 6.07) is 22.3. The summed E-state index contributed by atoms with van der Waals surface area (Å²) < 4.78 is 13.1. The molecule has 0 spiro atoms. The van der Waals surface area contributed by atoms with Crippen LogP contribution in [0, 0.1) is 5.82 Å². The van der Waals surface area contributed by atoms with Crippen molar-refractivity contribution in [1.29, 1.82) is 0 Å². The van der Waals surface area contributed by atoms with Crippen LogP contribution in [-0.2, 0) is 16.1 Å². The topological polar surface area (TPSA) is 74.1 Å². The summed E-state index contributed by atoms with van der Waals surface area (Å²) >= 11 is 1.21. The Morgan fingerprint density at radius 3 is 2.53 bits per heavy atom. The molecule has 3 aromatic carbocycles. The maximum Gasteiger partial charge on any atom is 0.263 e. The van der Waals surface area contributed by atoms with Crippen LogP contribution >= 0.6 is 11.8 Å². The number of amides is 2. The highest BCUT2D eigenvalue weighted by Crippen LogP contribution is 2.38. The highest BCUT2D eigenvalue weighted by Gasteiger charge is 2.42. The number of hydrogen-bond acceptors (Lipinski definition) is 5. The fourth-order valence-corrected chi connectivity index (χ4v) is 4.77. The van der Waals surface area contributed by atoms with Crippen molar-refractivity contribution in [3.63, 3.8) is 0 Å². The SMILES string of the molecule is C[C@H](SC1=Nc2ccccc2C2=N[C@@H](c3ccccc3)C(=O)N12)C(=O)NCc1ccc(F)cc1. The lowest BCUT2D eigenvalue weighted by atomic mass is 10.1. The van der Waals surface area contributed by atoms with Crippen LogP contribution in [0.5, 0.6) is 0 Å². The summed E-state index contributed by atoms with van der Waals surface area (Å²) in [6.07, 6.45) is 0. The first kappa shape index (κ1) is 22.0. The van der Waals surface area contributed by atoms with Gasteiger partial charge in [-0.05, 0) is 42.3 Å². The van der Waals surface area contributed by atoms with Crippen LogP contribution in [-0.4, -0.2) is 33.0 Å². The molecule has 0 saturated heterocycles. The standard InChI is InChI=1S/C26H21FN4O2S/c1-16(24(32)28-15-17-11-13-19(27)14-12-17)34-26-29-21-10-6-5-9-20(21)23-30-22(25(33)31(23)26)18-7-3-2-4-8-18/h2-14,16,22H,15H2,1H3,(H,28,32)/t16-,22-/m0/s1. The molecular weight excluding hydrogens is 451 g/mol. The fraction of sp³-hybridized carbons (Fsp3) is 0.154. The van der Waals surface area contributed by atoms with Crippen LogP contribution in [0.15, 0.2) is 88.8 Å². The number of carbonyl (C=O) groups is 2. The number of benzene rings is 3. The van der Waals surface area contributed by atoms with Gasteiger partial charge in [0.15, 0.2) is 11.2 Å². The van der Waals surface area contributed by atoms with Crippen LogP contribution in [0.3, 0.4) is 0 Å². The number of nitrogens with one attached hydrogen (secondary N) is 1. The van der Waals surface area contributed by atoms with E-state index in [9.17, 15) is 14.0 Å². The second-order valence-corrected chi connectivity index (χ2v) is 9.26. The predicted octanol–water partition coefficient (Wildman–Crippen LogP) is 4.60. The molecule has 170 valence electrons. The van der Waals surface area contributed by atoms with Gasteiger partial charge >= 0.3 is 0 Å². The summed E-state index contributed by atoms with van der Waals surface area (Å²) in [5, 5.41) is 2.76. The monoisotopic (exact) mass is 472 g/mol. The third-order valence-electron chi connectivity index (χ3n) is 5.62. The van der Waals surface area contributed by atoms with E-state index in [0.29, 0.717) is 16.7 Å². The molecule has 0 aromatic heterocycles. The van der Waals surface area contributed by atoms with Gasteiger partial charge in [-0.15, -0.1) is 0 Å². The Balaban J connectivity index is 1.37. The lowest BCUT2D eigenvalue weighted by Crippen LogP contribution is -2.41. The van der Waals surface area contributed by atoms with Crippen LogP contribution in [0.2, 0.25) is 0 Å². The quantitative estimate of drug-likeness (QED) is 0.590. The van der Waals surface area contributed by atoms with E-state index in [0.717, 1.165) is 16.7 Å². The van der Waals surface area contributed by atoms with Crippen LogP contribution in [0.1, 0.15) is 29.7 Å². The Labute approximate surface area is 200 Å². The van der Waals surface area contributed by atoms with Crippen molar-refractivity contribution in [2.75, 3.05) is 0 Å². The molecule has 0 radical (unpaired) electrons. The predicted molar refractivity (Wildman–Crippen MR) is 131 cm³/mol. The first-order chi connectivity index (χ1) is 16.5. The van der Waals surface area contributed by atoms with E-state index in [2.05, 4.69) is 5.32 Å². The van der Waals surface area contributed by atoms with Gasteiger partial charge in [-0.2, -0.15) is 0 Å². The molecule has 5 rings (SSSR count). The maximum absolute atomic E-state index is 13.4. The van der Waals surface area contributed by atoms with Gasteiger partial charge < -0.3 is 5.32 Å². The number of aliphatic imine (C=N–C) groups is 2. The van der Waals surface area contributed by atoms with Gasteiger partial charge in [-0.1, -0.05) is 66.4 Å². The summed E-state index contributed by atoms with van der Waals surface area (Å²) in [4.78, 5) is 37.2. The number of rotatable bonds is 5. The minimum absolute atomic E-state index is 0.194. The average molecular weight is 473 g/mol. The molecule has 3 aromatic rings. The number of para-hydroxylation sites is 1. The molecule has 0 saturated carbocycles. The molecule has 2 heterocycles. The fourth-order valence-electron chi connectivity index (χ4n) is 3.83. The molecule has 34 heavy (non-hydrogen) atoms. The zero-order chi connectivity index (χ0) is 23.7. The highest BCUT2D eigenvalue weighted by atomic mass is 32.2. The summed E-state index contributed by atoms with van der Waals surface area (Å²) in [5.74, 6) is -0.177. The molecule has 0 bridgehead atoms. The molecule has 2 atom stereocenters. The highest BCUT2D eigenvalue weighted by molar-refractivity contribution is 8.15. The molecule has 6 nitrogen and oxygen atoms in total. The van der Waals surface area contributed by atoms with Gasteiger partial charge in [-0.25, -0.2) is 19.3 Å². The summed E-state index contributed by atoms with van der Waals surface area (Å²) in [5.41, 5.74) is 3.10. The number of carbonyl (C=O) groups excluding carboxylic acids is 2. The van der Waals surface area contributed by atoms with Crippen molar-refractivity contribution in [2.24, 2.45) is 9.98 Å².